The van der Waals surface area contributed by atoms with Gasteiger partial charge in [0.25, 0.3) is 11.8 Å². The molecule has 1 aliphatic carbocycles. The number of thiophene rings is 1. The van der Waals surface area contributed by atoms with E-state index in [1.54, 1.807) is 12.2 Å². The topological polar surface area (TPSA) is 76.6 Å². The van der Waals surface area contributed by atoms with Gasteiger partial charge in [0, 0.05) is 4.88 Å². The first-order valence-corrected chi connectivity index (χ1v) is 8.68. The molecule has 124 valence electrons. The Hall–Kier alpha value is -1.92. The molecule has 4 N–H and O–H groups in total. The molecule has 0 aromatic carbocycles. The molecule has 1 aliphatic rings. The monoisotopic (exact) mass is 334 g/mol. The summed E-state index contributed by atoms with van der Waals surface area (Å²) in [6, 6.07) is 0. The number of anilines is 1. The third-order valence-electron chi connectivity index (χ3n) is 3.95. The number of carbonyl (C=O) groups is 2. The van der Waals surface area contributed by atoms with Crippen LogP contribution < -0.4 is 16.0 Å². The summed E-state index contributed by atoms with van der Waals surface area (Å²) in [5.74, 6) is -0.578. The van der Waals surface area contributed by atoms with E-state index in [-0.39, 0.29) is 5.91 Å². The quantitative estimate of drug-likeness (QED) is 0.618. The van der Waals surface area contributed by atoms with E-state index in [0.29, 0.717) is 30.2 Å². The van der Waals surface area contributed by atoms with Crippen LogP contribution in [0.4, 0.5) is 5.00 Å². The summed E-state index contributed by atoms with van der Waals surface area (Å²) in [6.45, 7) is 9.09. The van der Waals surface area contributed by atoms with Gasteiger partial charge in [-0.2, -0.15) is 0 Å². The summed E-state index contributed by atoms with van der Waals surface area (Å²) in [6.07, 6.45) is 7.57. The fraction of sp³-hybridized carbons (Fsp3) is 0.412. The number of nitrogens with two attached hydrogens (primary N) is 1. The van der Waals surface area contributed by atoms with Gasteiger partial charge in [-0.15, -0.1) is 11.3 Å². The maximum atomic E-state index is 12.3. The Balaban J connectivity index is 2.14. The number of quaternary nitrogens is 1. The van der Waals surface area contributed by atoms with Crippen molar-refractivity contribution in [2.24, 2.45) is 5.73 Å². The van der Waals surface area contributed by atoms with Crippen molar-refractivity contribution in [3.63, 3.8) is 0 Å². The lowest BCUT2D eigenvalue weighted by atomic mass is 9.95. The zero-order chi connectivity index (χ0) is 16.8. The maximum absolute atomic E-state index is 12.3. The molecule has 0 spiro atoms. The minimum atomic E-state index is -0.457. The molecule has 23 heavy (non-hydrogen) atoms. The summed E-state index contributed by atoms with van der Waals surface area (Å²) in [5.41, 5.74) is 7.08. The van der Waals surface area contributed by atoms with Gasteiger partial charge in [-0.1, -0.05) is 13.2 Å². The highest BCUT2D eigenvalue weighted by Crippen LogP contribution is 2.37. The van der Waals surface area contributed by atoms with Crippen LogP contribution in [0.2, 0.25) is 0 Å². The second-order valence-corrected chi connectivity index (χ2v) is 6.84. The van der Waals surface area contributed by atoms with E-state index in [1.165, 1.54) is 16.2 Å². The van der Waals surface area contributed by atoms with Crippen molar-refractivity contribution in [2.45, 2.75) is 25.7 Å². The number of nitrogens with one attached hydrogen (secondary N) is 2. The molecule has 0 unspecified atom stereocenters. The average molecular weight is 334 g/mol. The van der Waals surface area contributed by atoms with Gasteiger partial charge in [0.05, 0.1) is 18.7 Å². The van der Waals surface area contributed by atoms with E-state index in [2.05, 4.69) is 18.5 Å². The number of rotatable bonds is 8. The highest BCUT2D eigenvalue weighted by atomic mass is 32.1. The fourth-order valence-corrected chi connectivity index (χ4v) is 4.26. The Morgan fingerprint density at radius 1 is 1.22 bits per heavy atom. The molecule has 1 aromatic rings. The summed E-state index contributed by atoms with van der Waals surface area (Å²) < 4.78 is 0. The molecule has 5 nitrogen and oxygen atoms in total. The maximum Gasteiger partial charge on any atom is 0.280 e. The molecule has 1 heterocycles. The summed E-state index contributed by atoms with van der Waals surface area (Å²) in [5, 5.41) is 3.49. The highest BCUT2D eigenvalue weighted by Gasteiger charge is 2.25. The van der Waals surface area contributed by atoms with Gasteiger partial charge in [-0.25, -0.2) is 0 Å². The Bertz CT molecular complexity index is 612. The second kappa shape index (κ2) is 8.08. The Kier molecular flexibility index (Phi) is 6.12. The van der Waals surface area contributed by atoms with Crippen molar-refractivity contribution in [3.8, 4) is 0 Å². The van der Waals surface area contributed by atoms with Gasteiger partial charge in [-0.3, -0.25) is 9.59 Å². The normalized spacial score (nSPS) is 13.4. The van der Waals surface area contributed by atoms with E-state index in [4.69, 9.17) is 5.73 Å². The molecule has 0 bridgehead atoms. The number of carbonyl (C=O) groups excluding carboxylic acids is 2. The number of aryl methyl sites for hydroxylation is 1. The van der Waals surface area contributed by atoms with E-state index in [9.17, 15) is 9.59 Å². The lowest BCUT2D eigenvalue weighted by molar-refractivity contribution is -0.879. The minimum absolute atomic E-state index is 0.121. The van der Waals surface area contributed by atoms with Gasteiger partial charge in [0.15, 0.2) is 6.54 Å². The van der Waals surface area contributed by atoms with Gasteiger partial charge in [-0.05, 0) is 43.4 Å². The van der Waals surface area contributed by atoms with Crippen LogP contribution >= 0.6 is 11.3 Å². The van der Waals surface area contributed by atoms with Crippen LogP contribution in [0, 0.1) is 0 Å². The van der Waals surface area contributed by atoms with E-state index in [0.717, 1.165) is 36.1 Å². The molecular formula is C17H24N3O2S+. The third-order valence-corrected chi connectivity index (χ3v) is 5.15. The number of hydrogen-bond donors (Lipinski definition) is 3. The molecule has 0 aliphatic heterocycles. The van der Waals surface area contributed by atoms with Crippen molar-refractivity contribution in [3.05, 3.63) is 41.3 Å². The van der Waals surface area contributed by atoms with Gasteiger partial charge >= 0.3 is 0 Å². The number of amides is 2. The molecule has 0 saturated carbocycles. The Morgan fingerprint density at radius 2 is 1.87 bits per heavy atom. The van der Waals surface area contributed by atoms with Crippen molar-refractivity contribution in [2.75, 3.05) is 25.0 Å². The van der Waals surface area contributed by atoms with Crippen LogP contribution in [-0.2, 0) is 17.6 Å². The predicted octanol–water partition coefficient (Wildman–Crippen LogP) is 0.921. The fourth-order valence-electron chi connectivity index (χ4n) is 2.95. The number of fused-ring (bicyclic) bond motifs is 1. The lowest BCUT2D eigenvalue weighted by Crippen LogP contribution is -3.12. The Labute approximate surface area is 140 Å². The zero-order valence-corrected chi connectivity index (χ0v) is 14.1. The number of primary amides is 1. The molecule has 0 atom stereocenters. The van der Waals surface area contributed by atoms with Crippen LogP contribution in [0.3, 0.4) is 0 Å². The van der Waals surface area contributed by atoms with Gasteiger partial charge in [0.2, 0.25) is 0 Å². The standard InChI is InChI=1S/C17H23N3O2S/c1-3-9-20(10-4-2)11-14(21)19-17-15(16(18)22)12-7-5-6-8-13(12)23-17/h3-4H,1-2,5-11H2,(H2,18,22)(H,19,21)/p+1. The molecule has 2 amide bonds. The molecule has 2 rings (SSSR count). The molecule has 0 radical (unpaired) electrons. The lowest BCUT2D eigenvalue weighted by Gasteiger charge is -2.15. The van der Waals surface area contributed by atoms with Crippen molar-refractivity contribution in [1.29, 1.82) is 0 Å². The van der Waals surface area contributed by atoms with Crippen LogP contribution in [0.15, 0.2) is 25.3 Å². The van der Waals surface area contributed by atoms with Crippen molar-refractivity contribution < 1.29 is 14.5 Å². The molecule has 0 fully saturated rings. The molecular weight excluding hydrogens is 310 g/mol. The SMILES string of the molecule is C=CC[NH+](CC=C)CC(=O)Nc1sc2c(c1C(N)=O)CCCC2. The van der Waals surface area contributed by atoms with Gasteiger partial charge < -0.3 is 16.0 Å². The summed E-state index contributed by atoms with van der Waals surface area (Å²) in [7, 11) is 0. The highest BCUT2D eigenvalue weighted by molar-refractivity contribution is 7.17. The van der Waals surface area contributed by atoms with Gasteiger partial charge in [0.1, 0.15) is 5.00 Å². The van der Waals surface area contributed by atoms with E-state index in [1.807, 2.05) is 0 Å². The first kappa shape index (κ1) is 17.4. The van der Waals surface area contributed by atoms with Crippen LogP contribution in [0.25, 0.3) is 0 Å². The average Bonchev–Trinajstić information content (AvgIpc) is 2.85. The first-order chi connectivity index (χ1) is 11.1. The molecule has 1 aromatic heterocycles. The van der Waals surface area contributed by atoms with Crippen LogP contribution in [-0.4, -0.2) is 31.4 Å². The third kappa shape index (κ3) is 4.30. The molecule has 0 saturated heterocycles. The second-order valence-electron chi connectivity index (χ2n) is 5.74. The number of hydrogen-bond acceptors (Lipinski definition) is 3. The Morgan fingerprint density at radius 3 is 2.48 bits per heavy atom. The smallest absolute Gasteiger partial charge is 0.280 e. The summed E-state index contributed by atoms with van der Waals surface area (Å²) in [4.78, 5) is 26.4. The van der Waals surface area contributed by atoms with Crippen LogP contribution in [0.5, 0.6) is 0 Å². The first-order valence-electron chi connectivity index (χ1n) is 7.86. The van der Waals surface area contributed by atoms with Crippen molar-refractivity contribution >= 4 is 28.2 Å². The largest absolute Gasteiger partial charge is 0.365 e. The van der Waals surface area contributed by atoms with E-state index >= 15 is 0 Å². The molecule has 6 heteroatoms. The van der Waals surface area contributed by atoms with Crippen LogP contribution in [0.1, 0.15) is 33.6 Å². The minimum Gasteiger partial charge on any atom is -0.365 e. The van der Waals surface area contributed by atoms with Crippen molar-refractivity contribution in [1.82, 2.24) is 0 Å². The predicted molar refractivity (Wildman–Crippen MR) is 94.1 cm³/mol. The summed E-state index contributed by atoms with van der Waals surface area (Å²) >= 11 is 1.49. The van der Waals surface area contributed by atoms with E-state index < -0.39 is 5.91 Å². The zero-order valence-electron chi connectivity index (χ0n) is 13.3.